The van der Waals surface area contributed by atoms with E-state index >= 15 is 0 Å². The second-order valence-electron chi connectivity index (χ2n) is 6.18. The van der Waals surface area contributed by atoms with E-state index in [1.807, 2.05) is 0 Å². The molecule has 2 aromatic carbocycles. The number of nitrogens with one attached hydrogen (secondary N) is 2. The molecule has 0 spiro atoms. The van der Waals surface area contributed by atoms with Gasteiger partial charge in [0.1, 0.15) is 5.82 Å². The number of aryl methyl sites for hydroxylation is 1. The zero-order valence-corrected chi connectivity index (χ0v) is 16.7. The molecule has 0 bridgehead atoms. The highest BCUT2D eigenvalue weighted by atomic mass is 32.2. The van der Waals surface area contributed by atoms with E-state index in [1.165, 1.54) is 10.6 Å². The predicted molar refractivity (Wildman–Crippen MR) is 110 cm³/mol. The lowest BCUT2D eigenvalue weighted by Gasteiger charge is -2.13. The Morgan fingerprint density at radius 3 is 2.69 bits per heavy atom. The van der Waals surface area contributed by atoms with Gasteiger partial charge in [-0.3, -0.25) is 19.5 Å². The van der Waals surface area contributed by atoms with Gasteiger partial charge < -0.3 is 5.32 Å². The first kappa shape index (κ1) is 20.5. The van der Waals surface area contributed by atoms with Gasteiger partial charge >= 0.3 is 6.03 Å². The molecule has 3 amide bonds. The van der Waals surface area contributed by atoms with Crippen LogP contribution in [0.15, 0.2) is 52.4 Å². The number of halogens is 1. The fourth-order valence-electron chi connectivity index (χ4n) is 2.66. The highest BCUT2D eigenvalue weighted by Crippen LogP contribution is 2.22. The van der Waals surface area contributed by atoms with Crippen molar-refractivity contribution in [1.82, 2.24) is 20.2 Å². The molecule has 0 saturated carbocycles. The minimum Gasteiger partial charge on any atom is -0.338 e. The topological polar surface area (TPSA) is 93.1 Å². The molecule has 29 heavy (non-hydrogen) atoms. The number of carbonyl (C=O) groups is 2. The molecule has 0 aliphatic carbocycles. The number of amides is 3. The SMILES string of the molecule is CCNC(=O)NC(=O)CSc1nc2ccccc2c(=O)n1-c1ccc(C)c(F)c1. The number of aromatic nitrogens is 2. The first-order chi connectivity index (χ1) is 13.9. The molecule has 2 N–H and O–H groups in total. The van der Waals surface area contributed by atoms with E-state index in [9.17, 15) is 18.8 Å². The van der Waals surface area contributed by atoms with E-state index in [2.05, 4.69) is 15.6 Å². The Kier molecular flexibility index (Phi) is 6.28. The summed E-state index contributed by atoms with van der Waals surface area (Å²) in [6, 6.07) is 10.7. The Hall–Kier alpha value is -3.20. The second-order valence-corrected chi connectivity index (χ2v) is 7.12. The summed E-state index contributed by atoms with van der Waals surface area (Å²) in [7, 11) is 0. The average Bonchev–Trinajstić information content (AvgIpc) is 2.69. The van der Waals surface area contributed by atoms with E-state index in [4.69, 9.17) is 0 Å². The Balaban J connectivity index is 2.01. The number of rotatable bonds is 5. The zero-order valence-electron chi connectivity index (χ0n) is 15.9. The van der Waals surface area contributed by atoms with Crippen LogP contribution in [-0.2, 0) is 4.79 Å². The summed E-state index contributed by atoms with van der Waals surface area (Å²) in [5.74, 6) is -1.13. The predicted octanol–water partition coefficient (Wildman–Crippen LogP) is 2.77. The van der Waals surface area contributed by atoms with E-state index in [0.29, 0.717) is 28.7 Å². The molecule has 150 valence electrons. The lowest BCUT2D eigenvalue weighted by atomic mass is 10.2. The molecule has 0 saturated heterocycles. The van der Waals surface area contributed by atoms with Gasteiger partial charge in [0.2, 0.25) is 5.91 Å². The third-order valence-electron chi connectivity index (χ3n) is 4.08. The van der Waals surface area contributed by atoms with E-state index in [0.717, 1.165) is 11.8 Å². The van der Waals surface area contributed by atoms with Crippen molar-refractivity contribution in [2.75, 3.05) is 12.3 Å². The number of hydrogen-bond donors (Lipinski definition) is 2. The van der Waals surface area contributed by atoms with Crippen molar-refractivity contribution < 1.29 is 14.0 Å². The van der Waals surface area contributed by atoms with Gasteiger partial charge in [0, 0.05) is 6.54 Å². The first-order valence-corrected chi connectivity index (χ1v) is 9.88. The van der Waals surface area contributed by atoms with Crippen LogP contribution in [0.5, 0.6) is 0 Å². The third-order valence-corrected chi connectivity index (χ3v) is 5.02. The molecule has 3 rings (SSSR count). The van der Waals surface area contributed by atoms with Gasteiger partial charge in [-0.2, -0.15) is 0 Å². The second kappa shape index (κ2) is 8.87. The van der Waals surface area contributed by atoms with Crippen LogP contribution in [0.4, 0.5) is 9.18 Å². The van der Waals surface area contributed by atoms with Crippen molar-refractivity contribution in [3.8, 4) is 5.69 Å². The van der Waals surface area contributed by atoms with Crippen LogP contribution in [0.25, 0.3) is 16.6 Å². The van der Waals surface area contributed by atoms with Crippen LogP contribution < -0.4 is 16.2 Å². The smallest absolute Gasteiger partial charge is 0.321 e. The van der Waals surface area contributed by atoms with Crippen LogP contribution >= 0.6 is 11.8 Å². The van der Waals surface area contributed by atoms with Gasteiger partial charge in [0.25, 0.3) is 5.56 Å². The van der Waals surface area contributed by atoms with E-state index < -0.39 is 17.8 Å². The van der Waals surface area contributed by atoms with Gasteiger partial charge in [-0.25, -0.2) is 14.2 Å². The fourth-order valence-corrected chi connectivity index (χ4v) is 3.47. The Labute approximate surface area is 170 Å². The summed E-state index contributed by atoms with van der Waals surface area (Å²) in [5.41, 5.74) is 0.854. The molecule has 0 atom stereocenters. The highest BCUT2D eigenvalue weighted by molar-refractivity contribution is 7.99. The standard InChI is InChI=1S/C20H19FN4O3S/c1-3-22-19(28)24-17(26)11-29-20-23-16-7-5-4-6-14(16)18(27)25(20)13-9-8-12(2)15(21)10-13/h4-10H,3,11H2,1-2H3,(H2,22,24,26,28). The minimum atomic E-state index is -0.595. The molecule has 7 nitrogen and oxygen atoms in total. The van der Waals surface area contributed by atoms with Gasteiger partial charge in [0.05, 0.1) is 22.3 Å². The van der Waals surface area contributed by atoms with Gasteiger partial charge in [-0.1, -0.05) is 30.0 Å². The maximum atomic E-state index is 14.1. The summed E-state index contributed by atoms with van der Waals surface area (Å²) >= 11 is 0.986. The molecule has 3 aromatic rings. The van der Waals surface area contributed by atoms with Crippen molar-refractivity contribution in [3.05, 3.63) is 64.2 Å². The van der Waals surface area contributed by atoms with Gasteiger partial charge in [0.15, 0.2) is 5.16 Å². The molecule has 1 aromatic heterocycles. The van der Waals surface area contributed by atoms with E-state index in [1.54, 1.807) is 50.2 Å². The van der Waals surface area contributed by atoms with Crippen molar-refractivity contribution in [1.29, 1.82) is 0 Å². The first-order valence-electron chi connectivity index (χ1n) is 8.89. The Bertz CT molecular complexity index is 1150. The van der Waals surface area contributed by atoms with Crippen LogP contribution in [-0.4, -0.2) is 33.8 Å². The molecular formula is C20H19FN4O3S. The quantitative estimate of drug-likeness (QED) is 0.495. The van der Waals surface area contributed by atoms with Gasteiger partial charge in [-0.05, 0) is 43.7 Å². The average molecular weight is 414 g/mol. The lowest BCUT2D eigenvalue weighted by molar-refractivity contribution is -0.117. The molecule has 9 heteroatoms. The van der Waals surface area contributed by atoms with Crippen molar-refractivity contribution in [2.24, 2.45) is 0 Å². The van der Waals surface area contributed by atoms with Gasteiger partial charge in [-0.15, -0.1) is 0 Å². The summed E-state index contributed by atoms with van der Waals surface area (Å²) < 4.78 is 15.4. The maximum absolute atomic E-state index is 14.1. The molecule has 0 radical (unpaired) electrons. The fraction of sp³-hybridized carbons (Fsp3) is 0.200. The van der Waals surface area contributed by atoms with Crippen molar-refractivity contribution in [3.63, 3.8) is 0 Å². The maximum Gasteiger partial charge on any atom is 0.321 e. The number of nitrogens with zero attached hydrogens (tertiary/aromatic N) is 2. The lowest BCUT2D eigenvalue weighted by Crippen LogP contribution is -2.40. The Morgan fingerprint density at radius 2 is 1.97 bits per heavy atom. The highest BCUT2D eigenvalue weighted by Gasteiger charge is 2.16. The molecular weight excluding hydrogens is 395 g/mol. The zero-order chi connectivity index (χ0) is 21.0. The molecule has 0 aliphatic rings. The van der Waals surface area contributed by atoms with Crippen molar-refractivity contribution >= 4 is 34.6 Å². The molecule has 0 aliphatic heterocycles. The minimum absolute atomic E-state index is 0.143. The van der Waals surface area contributed by atoms with Crippen LogP contribution in [0, 0.1) is 12.7 Å². The van der Waals surface area contributed by atoms with E-state index in [-0.39, 0.29) is 16.5 Å². The summed E-state index contributed by atoms with van der Waals surface area (Å²) in [6.07, 6.45) is 0. The number of imide groups is 1. The number of thioether (sulfide) groups is 1. The number of hydrogen-bond acceptors (Lipinski definition) is 5. The summed E-state index contributed by atoms with van der Waals surface area (Å²) in [6.45, 7) is 3.75. The van der Waals surface area contributed by atoms with Crippen molar-refractivity contribution in [2.45, 2.75) is 19.0 Å². The van der Waals surface area contributed by atoms with Crippen LogP contribution in [0.2, 0.25) is 0 Å². The largest absolute Gasteiger partial charge is 0.338 e. The number of carbonyl (C=O) groups excluding carboxylic acids is 2. The monoisotopic (exact) mass is 414 g/mol. The normalized spacial score (nSPS) is 10.7. The Morgan fingerprint density at radius 1 is 1.21 bits per heavy atom. The molecule has 0 unspecified atom stereocenters. The molecule has 1 heterocycles. The molecule has 0 fully saturated rings. The number of fused-ring (bicyclic) bond motifs is 1. The number of urea groups is 1. The van der Waals surface area contributed by atoms with Crippen LogP contribution in [0.3, 0.4) is 0 Å². The number of para-hydroxylation sites is 1. The number of benzene rings is 2. The van der Waals surface area contributed by atoms with Crippen LogP contribution in [0.1, 0.15) is 12.5 Å². The third kappa shape index (κ3) is 4.62. The summed E-state index contributed by atoms with van der Waals surface area (Å²) in [4.78, 5) is 41.1. The summed E-state index contributed by atoms with van der Waals surface area (Å²) in [5, 5.41) is 5.26.